The molecule has 2 atom stereocenters. The van der Waals surface area contributed by atoms with Crippen LogP contribution < -0.4 is 0 Å². The number of fused-ring (bicyclic) bond motifs is 3. The van der Waals surface area contributed by atoms with E-state index in [1.807, 2.05) is 48.5 Å². The third kappa shape index (κ3) is 5.24. The zero-order valence-electron chi connectivity index (χ0n) is 20.3. The largest absolute Gasteiger partial charge is 0.480 e. The summed E-state index contributed by atoms with van der Waals surface area (Å²) in [4.78, 5) is 43.7. The quantitative estimate of drug-likeness (QED) is 0.635. The summed E-state index contributed by atoms with van der Waals surface area (Å²) in [5, 5.41) is 10.6. The van der Waals surface area contributed by atoms with Crippen molar-refractivity contribution in [3.8, 4) is 11.1 Å². The number of nitrogens with zero attached hydrogens (tertiary/aromatic N) is 2. The fourth-order valence-corrected chi connectivity index (χ4v) is 4.58. The molecule has 0 spiro atoms. The minimum Gasteiger partial charge on any atom is -0.480 e. The standard InChI is InChI=1S/C26H30N2O7/c1-26(2,3)34-24(31)27(4)35-16-13-22(23(29)30)28(14-16)25(32)33-15-21-19-11-7-5-9-17(19)18-10-6-8-12-20(18)21/h5-12,16,21-22H,13-15H2,1-4H3,(H,29,30)/t16?,22-/m0/s1. The van der Waals surface area contributed by atoms with Gasteiger partial charge in [0.05, 0.1) is 6.54 Å². The lowest BCUT2D eigenvalue weighted by molar-refractivity contribution is -0.163. The van der Waals surface area contributed by atoms with Crippen molar-refractivity contribution in [1.29, 1.82) is 0 Å². The Morgan fingerprint density at radius 2 is 1.60 bits per heavy atom. The number of aliphatic carboxylic acids is 1. The molecule has 0 aromatic heterocycles. The van der Waals surface area contributed by atoms with E-state index in [1.54, 1.807) is 20.8 Å². The van der Waals surface area contributed by atoms with Crippen LogP contribution in [-0.4, -0.2) is 71.2 Å². The summed E-state index contributed by atoms with van der Waals surface area (Å²) < 4.78 is 10.9. The molecule has 0 saturated carbocycles. The van der Waals surface area contributed by atoms with E-state index in [0.717, 1.165) is 32.2 Å². The molecule has 0 bridgehead atoms. The Morgan fingerprint density at radius 1 is 1.03 bits per heavy atom. The van der Waals surface area contributed by atoms with Gasteiger partial charge in [-0.05, 0) is 43.0 Å². The van der Waals surface area contributed by atoms with Crippen LogP contribution in [0, 0.1) is 0 Å². The Hall–Kier alpha value is -3.59. The summed E-state index contributed by atoms with van der Waals surface area (Å²) in [5.41, 5.74) is 3.64. The zero-order valence-corrected chi connectivity index (χ0v) is 20.3. The van der Waals surface area contributed by atoms with Gasteiger partial charge in [0.15, 0.2) is 0 Å². The lowest BCUT2D eigenvalue weighted by atomic mass is 9.98. The van der Waals surface area contributed by atoms with Crippen molar-refractivity contribution in [2.24, 2.45) is 0 Å². The number of benzene rings is 2. The van der Waals surface area contributed by atoms with Crippen LogP contribution >= 0.6 is 0 Å². The molecule has 9 nitrogen and oxygen atoms in total. The van der Waals surface area contributed by atoms with Gasteiger partial charge < -0.3 is 14.6 Å². The topological polar surface area (TPSA) is 106 Å². The Morgan fingerprint density at radius 3 is 2.14 bits per heavy atom. The highest BCUT2D eigenvalue weighted by atomic mass is 16.7. The number of hydrogen-bond donors (Lipinski definition) is 1. The van der Waals surface area contributed by atoms with Gasteiger partial charge in [-0.15, -0.1) is 0 Å². The summed E-state index contributed by atoms with van der Waals surface area (Å²) in [6.07, 6.45) is -2.12. The van der Waals surface area contributed by atoms with E-state index in [4.69, 9.17) is 14.3 Å². The van der Waals surface area contributed by atoms with Gasteiger partial charge in [0.25, 0.3) is 0 Å². The molecule has 1 N–H and O–H groups in total. The molecule has 35 heavy (non-hydrogen) atoms. The van der Waals surface area contributed by atoms with Crippen molar-refractivity contribution in [2.75, 3.05) is 20.2 Å². The maximum absolute atomic E-state index is 13.0. The summed E-state index contributed by atoms with van der Waals surface area (Å²) in [7, 11) is 1.39. The Balaban J connectivity index is 1.42. The van der Waals surface area contributed by atoms with Gasteiger partial charge in [-0.1, -0.05) is 48.5 Å². The van der Waals surface area contributed by atoms with Crippen LogP contribution in [0.15, 0.2) is 48.5 Å². The number of likely N-dealkylation sites (tertiary alicyclic amines) is 1. The number of hydroxylamine groups is 2. The highest BCUT2D eigenvalue weighted by molar-refractivity contribution is 5.82. The van der Waals surface area contributed by atoms with Gasteiger partial charge in [0.2, 0.25) is 0 Å². The van der Waals surface area contributed by atoms with Gasteiger partial charge >= 0.3 is 18.2 Å². The molecule has 4 rings (SSSR count). The number of carbonyl (C=O) groups excluding carboxylic acids is 2. The number of hydrogen-bond acceptors (Lipinski definition) is 6. The van der Waals surface area contributed by atoms with Gasteiger partial charge in [-0.25, -0.2) is 14.4 Å². The minimum atomic E-state index is -1.16. The second-order valence-electron chi connectivity index (χ2n) is 9.75. The first-order chi connectivity index (χ1) is 16.5. The van der Waals surface area contributed by atoms with E-state index in [2.05, 4.69) is 0 Å². The van der Waals surface area contributed by atoms with Crippen LogP contribution in [0.3, 0.4) is 0 Å². The first-order valence-corrected chi connectivity index (χ1v) is 11.5. The first kappa shape index (κ1) is 24.5. The molecular weight excluding hydrogens is 452 g/mol. The molecule has 1 heterocycles. The van der Waals surface area contributed by atoms with Crippen LogP contribution in [0.1, 0.15) is 44.2 Å². The van der Waals surface area contributed by atoms with Gasteiger partial charge in [-0.2, -0.15) is 5.06 Å². The lowest BCUT2D eigenvalue weighted by Gasteiger charge is -2.26. The van der Waals surface area contributed by atoms with Crippen molar-refractivity contribution in [3.05, 3.63) is 59.7 Å². The van der Waals surface area contributed by atoms with Crippen molar-refractivity contribution >= 4 is 18.2 Å². The number of ether oxygens (including phenoxy) is 2. The number of carbonyl (C=O) groups is 3. The van der Waals surface area contributed by atoms with Crippen LogP contribution in [0.5, 0.6) is 0 Å². The molecule has 186 valence electrons. The predicted molar refractivity (Wildman–Crippen MR) is 127 cm³/mol. The van der Waals surface area contributed by atoms with Crippen LogP contribution in [-0.2, 0) is 19.1 Å². The number of rotatable bonds is 5. The molecule has 1 aliphatic carbocycles. The average molecular weight is 483 g/mol. The molecule has 2 aliphatic rings. The summed E-state index contributed by atoms with van der Waals surface area (Å²) >= 11 is 0. The average Bonchev–Trinajstić information content (AvgIpc) is 3.36. The first-order valence-electron chi connectivity index (χ1n) is 11.5. The van der Waals surface area contributed by atoms with Gasteiger partial charge in [0, 0.05) is 19.4 Å². The monoisotopic (exact) mass is 482 g/mol. The summed E-state index contributed by atoms with van der Waals surface area (Å²) in [5.74, 6) is -1.30. The fraction of sp³-hybridized carbons (Fsp3) is 0.423. The summed E-state index contributed by atoms with van der Waals surface area (Å²) in [6, 6.07) is 14.8. The second-order valence-corrected chi connectivity index (χ2v) is 9.75. The predicted octanol–water partition coefficient (Wildman–Crippen LogP) is 4.26. The summed E-state index contributed by atoms with van der Waals surface area (Å²) in [6.45, 7) is 5.24. The van der Waals surface area contributed by atoms with E-state index >= 15 is 0 Å². The van der Waals surface area contributed by atoms with Crippen LogP contribution in [0.4, 0.5) is 9.59 Å². The third-order valence-electron chi connectivity index (χ3n) is 6.08. The van der Waals surface area contributed by atoms with Crippen LogP contribution in [0.25, 0.3) is 11.1 Å². The van der Waals surface area contributed by atoms with Crippen molar-refractivity contribution in [1.82, 2.24) is 9.96 Å². The molecule has 2 amide bonds. The number of amides is 2. The Kier molecular flexibility index (Phi) is 6.71. The maximum Gasteiger partial charge on any atom is 0.434 e. The molecular formula is C26H30N2O7. The van der Waals surface area contributed by atoms with E-state index in [0.29, 0.717) is 0 Å². The van der Waals surface area contributed by atoms with Crippen molar-refractivity contribution in [2.45, 2.75) is 50.9 Å². The molecule has 2 aromatic rings. The van der Waals surface area contributed by atoms with Gasteiger partial charge in [0.1, 0.15) is 24.4 Å². The van der Waals surface area contributed by atoms with E-state index in [9.17, 15) is 19.5 Å². The highest BCUT2D eigenvalue weighted by Gasteiger charge is 2.43. The lowest BCUT2D eigenvalue weighted by Crippen LogP contribution is -2.41. The molecule has 0 radical (unpaired) electrons. The van der Waals surface area contributed by atoms with E-state index < -0.39 is 35.9 Å². The molecule has 1 saturated heterocycles. The van der Waals surface area contributed by atoms with Crippen molar-refractivity contribution < 1.29 is 33.8 Å². The van der Waals surface area contributed by atoms with E-state index in [1.165, 1.54) is 7.05 Å². The number of carboxylic acids is 1. The van der Waals surface area contributed by atoms with Crippen LogP contribution in [0.2, 0.25) is 0 Å². The van der Waals surface area contributed by atoms with Crippen molar-refractivity contribution in [3.63, 3.8) is 0 Å². The number of carboxylic acid groups (broad SMARTS) is 1. The molecule has 2 aromatic carbocycles. The maximum atomic E-state index is 13.0. The normalized spacial score (nSPS) is 19.1. The SMILES string of the molecule is CN(OC1C[C@@H](C(=O)O)N(C(=O)OCC2c3ccccc3-c3ccccc32)C1)C(=O)OC(C)(C)C. The van der Waals surface area contributed by atoms with E-state index in [-0.39, 0.29) is 25.5 Å². The third-order valence-corrected chi connectivity index (χ3v) is 6.08. The molecule has 1 unspecified atom stereocenters. The highest BCUT2D eigenvalue weighted by Crippen LogP contribution is 2.44. The minimum absolute atomic E-state index is 0.0205. The molecule has 1 fully saturated rings. The molecule has 1 aliphatic heterocycles. The smallest absolute Gasteiger partial charge is 0.434 e. The Labute approximate surface area is 204 Å². The second kappa shape index (κ2) is 9.58. The zero-order chi connectivity index (χ0) is 25.3. The van der Waals surface area contributed by atoms with Gasteiger partial charge in [-0.3, -0.25) is 9.74 Å². The fourth-order valence-electron chi connectivity index (χ4n) is 4.58. The molecule has 9 heteroatoms. The Bertz CT molecular complexity index is 1080.